The predicted octanol–water partition coefficient (Wildman–Crippen LogP) is 0.820. The highest BCUT2D eigenvalue weighted by Crippen LogP contribution is 2.46. The van der Waals surface area contributed by atoms with Gasteiger partial charge in [0.25, 0.3) is 0 Å². The number of fused-ring (bicyclic) bond motifs is 3. The van der Waals surface area contributed by atoms with Crippen LogP contribution in [0.25, 0.3) is 0 Å². The highest BCUT2D eigenvalue weighted by atomic mass is 16.8. The van der Waals surface area contributed by atoms with Crippen LogP contribution in [-0.4, -0.2) is 61.1 Å². The minimum Gasteiger partial charge on any atom is -0.469 e. The number of hydrogen-bond acceptors (Lipinski definition) is 7. The van der Waals surface area contributed by atoms with Gasteiger partial charge in [0, 0.05) is 13.0 Å². The number of carbonyl (C=O) groups excluding carboxylic acids is 1. The Morgan fingerprint density at radius 1 is 1.33 bits per heavy atom. The molecule has 0 N–H and O–H groups in total. The minimum absolute atomic E-state index is 0.0444. The van der Waals surface area contributed by atoms with Crippen molar-refractivity contribution in [2.24, 2.45) is 0 Å². The number of methoxy groups -OCH3 is 1. The van der Waals surface area contributed by atoms with Gasteiger partial charge in [-0.05, 0) is 20.8 Å². The van der Waals surface area contributed by atoms with Gasteiger partial charge in [0.1, 0.15) is 12.2 Å². The van der Waals surface area contributed by atoms with Crippen LogP contribution in [0.15, 0.2) is 0 Å². The monoisotopic (exact) mass is 301 g/mol. The van der Waals surface area contributed by atoms with Crippen LogP contribution in [0, 0.1) is 0 Å². The van der Waals surface area contributed by atoms with Crippen LogP contribution in [0.3, 0.4) is 0 Å². The average Bonchev–Trinajstić information content (AvgIpc) is 3.02. The van der Waals surface area contributed by atoms with Crippen LogP contribution in [0.5, 0.6) is 0 Å². The molecule has 0 bridgehead atoms. The summed E-state index contributed by atoms with van der Waals surface area (Å²) in [7, 11) is 1.38. The topological polar surface area (TPSA) is 66.5 Å². The lowest BCUT2D eigenvalue weighted by atomic mass is 10.0. The second kappa shape index (κ2) is 5.48. The van der Waals surface area contributed by atoms with Crippen molar-refractivity contribution >= 4 is 5.97 Å². The normalized spacial score (nSPS) is 41.0. The summed E-state index contributed by atoms with van der Waals surface area (Å²) in [6.45, 7) is 6.30. The van der Waals surface area contributed by atoms with Gasteiger partial charge in [0.2, 0.25) is 0 Å². The summed E-state index contributed by atoms with van der Waals surface area (Å²) in [5.41, 5.74) is 0. The second-order valence-electron chi connectivity index (χ2n) is 6.07. The van der Waals surface area contributed by atoms with E-state index in [2.05, 4.69) is 0 Å². The van der Waals surface area contributed by atoms with Crippen molar-refractivity contribution in [3.05, 3.63) is 0 Å². The number of hydroxylamine groups is 2. The first-order chi connectivity index (χ1) is 9.95. The van der Waals surface area contributed by atoms with Crippen LogP contribution >= 0.6 is 0 Å². The van der Waals surface area contributed by atoms with Gasteiger partial charge in [0.15, 0.2) is 12.1 Å². The predicted molar refractivity (Wildman–Crippen MR) is 71.0 cm³/mol. The fourth-order valence-corrected chi connectivity index (χ4v) is 3.46. The third kappa shape index (κ3) is 2.68. The largest absolute Gasteiger partial charge is 0.469 e. The zero-order chi connectivity index (χ0) is 15.2. The standard InChI is InChI=1S/C14H23NO6/c1-5-18-11-7-9-13-12(19-14(2,3)20-13)8(15(9)21-11)6-10(16)17-4/h8-9,11-13H,5-7H2,1-4H3/t8-,9+,11+,12-,13+/m0/s1. The minimum atomic E-state index is -0.639. The number of rotatable bonds is 4. The van der Waals surface area contributed by atoms with Gasteiger partial charge in [0.05, 0.1) is 25.6 Å². The van der Waals surface area contributed by atoms with Crippen LogP contribution < -0.4 is 0 Å². The molecule has 0 aromatic carbocycles. The number of nitrogens with zero attached hydrogens (tertiary/aromatic N) is 1. The molecule has 5 atom stereocenters. The van der Waals surface area contributed by atoms with E-state index < -0.39 is 5.79 Å². The molecule has 0 amide bonds. The Labute approximate surface area is 124 Å². The van der Waals surface area contributed by atoms with Crippen molar-refractivity contribution in [3.63, 3.8) is 0 Å². The van der Waals surface area contributed by atoms with E-state index in [1.807, 2.05) is 25.8 Å². The molecule has 0 aliphatic carbocycles. The number of carbonyl (C=O) groups is 1. The lowest BCUT2D eigenvalue weighted by Crippen LogP contribution is -2.40. The van der Waals surface area contributed by atoms with Crippen molar-refractivity contribution in [1.29, 1.82) is 0 Å². The second-order valence-corrected chi connectivity index (χ2v) is 6.07. The fourth-order valence-electron chi connectivity index (χ4n) is 3.46. The molecule has 0 aromatic heterocycles. The summed E-state index contributed by atoms with van der Waals surface area (Å²) in [5, 5.41) is 1.82. The Morgan fingerprint density at radius 2 is 2.05 bits per heavy atom. The molecule has 7 heteroatoms. The zero-order valence-corrected chi connectivity index (χ0v) is 12.9. The van der Waals surface area contributed by atoms with Crippen molar-refractivity contribution in [1.82, 2.24) is 5.06 Å². The van der Waals surface area contributed by atoms with Gasteiger partial charge in [-0.25, -0.2) is 0 Å². The molecule has 3 fully saturated rings. The first-order valence-corrected chi connectivity index (χ1v) is 7.44. The fraction of sp³-hybridized carbons (Fsp3) is 0.929. The average molecular weight is 301 g/mol. The molecule has 120 valence electrons. The molecule has 3 heterocycles. The van der Waals surface area contributed by atoms with Gasteiger partial charge < -0.3 is 18.9 Å². The van der Waals surface area contributed by atoms with Crippen molar-refractivity contribution in [2.75, 3.05) is 13.7 Å². The van der Waals surface area contributed by atoms with Gasteiger partial charge in [-0.1, -0.05) is 0 Å². The van der Waals surface area contributed by atoms with E-state index in [1.165, 1.54) is 7.11 Å². The van der Waals surface area contributed by atoms with E-state index >= 15 is 0 Å². The van der Waals surface area contributed by atoms with E-state index in [-0.39, 0.29) is 43.0 Å². The Kier molecular flexibility index (Phi) is 3.96. The summed E-state index contributed by atoms with van der Waals surface area (Å²) in [6.07, 6.45) is 0.346. The Hall–Kier alpha value is -0.730. The molecule has 7 nitrogen and oxygen atoms in total. The van der Waals surface area contributed by atoms with Crippen LogP contribution in [0.2, 0.25) is 0 Å². The first-order valence-electron chi connectivity index (χ1n) is 7.44. The molecule has 3 aliphatic heterocycles. The summed E-state index contributed by atoms with van der Waals surface area (Å²) in [4.78, 5) is 17.5. The zero-order valence-electron chi connectivity index (χ0n) is 12.9. The van der Waals surface area contributed by atoms with Gasteiger partial charge in [-0.2, -0.15) is 5.06 Å². The molecule has 0 saturated carbocycles. The lowest BCUT2D eigenvalue weighted by molar-refractivity contribution is -0.266. The summed E-state index contributed by atoms with van der Waals surface area (Å²) < 4.78 is 22.3. The SMILES string of the molecule is CCO[C@H]1C[C@@H]2[C@H]3OC(C)(C)O[C@H]3[C@H](CC(=O)OC)N2O1. The molecule has 21 heavy (non-hydrogen) atoms. The molecule has 0 spiro atoms. The number of esters is 1. The smallest absolute Gasteiger partial charge is 0.307 e. The van der Waals surface area contributed by atoms with Gasteiger partial charge >= 0.3 is 5.97 Å². The molecule has 0 unspecified atom stereocenters. The Balaban J connectivity index is 1.78. The lowest BCUT2D eigenvalue weighted by Gasteiger charge is -2.28. The molecular weight excluding hydrogens is 278 g/mol. The highest BCUT2D eigenvalue weighted by molar-refractivity contribution is 5.70. The maximum absolute atomic E-state index is 11.7. The quantitative estimate of drug-likeness (QED) is 0.712. The number of hydrogen-bond donors (Lipinski definition) is 0. The molecule has 3 rings (SSSR count). The summed E-state index contributed by atoms with van der Waals surface area (Å²) in [6, 6.07) is -0.164. The van der Waals surface area contributed by atoms with E-state index in [0.29, 0.717) is 13.0 Å². The molecule has 3 saturated heterocycles. The molecular formula is C14H23NO6. The first kappa shape index (κ1) is 15.2. The third-order valence-electron chi connectivity index (χ3n) is 4.21. The maximum atomic E-state index is 11.7. The van der Waals surface area contributed by atoms with E-state index in [0.717, 1.165) is 0 Å². The molecule has 0 radical (unpaired) electrons. The molecule has 0 aromatic rings. The van der Waals surface area contributed by atoms with E-state index in [1.54, 1.807) is 0 Å². The van der Waals surface area contributed by atoms with Crippen LogP contribution in [0.4, 0.5) is 0 Å². The van der Waals surface area contributed by atoms with Crippen molar-refractivity contribution < 1.29 is 28.6 Å². The van der Waals surface area contributed by atoms with Crippen LogP contribution in [-0.2, 0) is 28.6 Å². The third-order valence-corrected chi connectivity index (χ3v) is 4.21. The number of ether oxygens (including phenoxy) is 4. The maximum Gasteiger partial charge on any atom is 0.307 e. The Morgan fingerprint density at radius 3 is 2.71 bits per heavy atom. The summed E-state index contributed by atoms with van der Waals surface area (Å²) in [5.74, 6) is -0.921. The Bertz CT molecular complexity index is 414. The molecule has 3 aliphatic rings. The van der Waals surface area contributed by atoms with Crippen molar-refractivity contribution in [3.8, 4) is 0 Å². The van der Waals surface area contributed by atoms with Gasteiger partial charge in [-0.15, -0.1) is 0 Å². The van der Waals surface area contributed by atoms with Crippen LogP contribution in [0.1, 0.15) is 33.6 Å². The summed E-state index contributed by atoms with van der Waals surface area (Å²) >= 11 is 0. The van der Waals surface area contributed by atoms with E-state index in [9.17, 15) is 4.79 Å². The van der Waals surface area contributed by atoms with E-state index in [4.69, 9.17) is 23.8 Å². The highest BCUT2D eigenvalue weighted by Gasteiger charge is 2.62. The van der Waals surface area contributed by atoms with Crippen molar-refractivity contribution in [2.45, 2.75) is 70.0 Å². The van der Waals surface area contributed by atoms with Gasteiger partial charge in [-0.3, -0.25) is 9.63 Å².